The van der Waals surface area contributed by atoms with Crippen LogP contribution in [-0.4, -0.2) is 50.0 Å². The molecule has 0 saturated carbocycles. The third-order valence-corrected chi connectivity index (χ3v) is 7.90. The van der Waals surface area contributed by atoms with Crippen LogP contribution in [0.5, 0.6) is 0 Å². The van der Waals surface area contributed by atoms with E-state index in [1.165, 1.54) is 4.90 Å². The van der Waals surface area contributed by atoms with Crippen molar-refractivity contribution >= 4 is 49.9 Å². The van der Waals surface area contributed by atoms with E-state index in [1.54, 1.807) is 30.3 Å². The number of fused-ring (bicyclic) bond motifs is 1. The third kappa shape index (κ3) is 7.02. The monoisotopic (exact) mass is 543 g/mol. The van der Waals surface area contributed by atoms with Crippen LogP contribution < -0.4 is 9.62 Å². The molecular formula is C28H34ClN3O4S. The van der Waals surface area contributed by atoms with Crippen molar-refractivity contribution in [3.8, 4) is 0 Å². The van der Waals surface area contributed by atoms with Crippen LogP contribution in [0.25, 0.3) is 10.8 Å². The molecule has 2 unspecified atom stereocenters. The van der Waals surface area contributed by atoms with Crippen molar-refractivity contribution in [3.63, 3.8) is 0 Å². The van der Waals surface area contributed by atoms with E-state index in [0.29, 0.717) is 28.1 Å². The maximum absolute atomic E-state index is 13.9. The lowest BCUT2D eigenvalue weighted by Crippen LogP contribution is -2.53. The molecule has 0 fully saturated rings. The Balaban J connectivity index is 2.03. The normalized spacial score (nSPS) is 13.1. The van der Waals surface area contributed by atoms with E-state index in [1.807, 2.05) is 57.2 Å². The maximum Gasteiger partial charge on any atom is 0.244 e. The summed E-state index contributed by atoms with van der Waals surface area (Å²) < 4.78 is 27.0. The summed E-state index contributed by atoms with van der Waals surface area (Å²) in [4.78, 5) is 28.5. The Morgan fingerprint density at radius 2 is 1.59 bits per heavy atom. The molecule has 1 N–H and O–H groups in total. The van der Waals surface area contributed by atoms with Crippen molar-refractivity contribution in [3.05, 3.63) is 77.3 Å². The lowest BCUT2D eigenvalue weighted by molar-refractivity contribution is -0.140. The zero-order valence-electron chi connectivity index (χ0n) is 21.6. The minimum atomic E-state index is -3.84. The summed E-state index contributed by atoms with van der Waals surface area (Å²) in [6.45, 7) is 5.30. The number of hydrogen-bond donors (Lipinski definition) is 1. The van der Waals surface area contributed by atoms with Gasteiger partial charge in [-0.05, 0) is 42.8 Å². The number of nitrogens with zero attached hydrogens (tertiary/aromatic N) is 2. The van der Waals surface area contributed by atoms with Crippen molar-refractivity contribution < 1.29 is 18.0 Å². The van der Waals surface area contributed by atoms with Gasteiger partial charge in [-0.3, -0.25) is 13.9 Å². The van der Waals surface area contributed by atoms with Gasteiger partial charge in [-0.15, -0.1) is 0 Å². The average Bonchev–Trinajstić information content (AvgIpc) is 2.87. The van der Waals surface area contributed by atoms with Gasteiger partial charge in [0, 0.05) is 23.0 Å². The van der Waals surface area contributed by atoms with E-state index in [-0.39, 0.29) is 18.5 Å². The molecule has 2 amide bonds. The van der Waals surface area contributed by atoms with Crippen LogP contribution >= 0.6 is 11.6 Å². The standard InChI is InChI=1S/C28H34ClN3O4S/c1-5-20(3)30-28(34)25(6-2)31(18-22-13-8-10-16-24(22)29)27(33)19-32(37(4,35)36)26-17-11-14-21-12-7-9-15-23(21)26/h7-17,20,25H,5-6,18-19H2,1-4H3,(H,30,34). The quantitative estimate of drug-likeness (QED) is 0.369. The lowest BCUT2D eigenvalue weighted by atomic mass is 10.1. The predicted molar refractivity (Wildman–Crippen MR) is 150 cm³/mol. The van der Waals surface area contributed by atoms with Crippen LogP contribution in [0.1, 0.15) is 39.2 Å². The van der Waals surface area contributed by atoms with Gasteiger partial charge in [0.05, 0.1) is 11.9 Å². The Labute approximate surface area is 224 Å². The molecule has 0 aliphatic carbocycles. The second-order valence-corrected chi connectivity index (χ2v) is 11.4. The van der Waals surface area contributed by atoms with Crippen LogP contribution in [0.15, 0.2) is 66.7 Å². The van der Waals surface area contributed by atoms with Gasteiger partial charge in [-0.25, -0.2) is 8.42 Å². The molecule has 0 aliphatic rings. The SMILES string of the molecule is CCC(C)NC(=O)C(CC)N(Cc1ccccc1Cl)C(=O)CN(c1cccc2ccccc12)S(C)(=O)=O. The Kier molecular flexibility index (Phi) is 9.56. The van der Waals surface area contributed by atoms with Gasteiger partial charge in [0.2, 0.25) is 21.8 Å². The van der Waals surface area contributed by atoms with Crippen molar-refractivity contribution in [2.24, 2.45) is 0 Å². The summed E-state index contributed by atoms with van der Waals surface area (Å²) >= 11 is 6.40. The van der Waals surface area contributed by atoms with Gasteiger partial charge >= 0.3 is 0 Å². The van der Waals surface area contributed by atoms with Gasteiger partial charge in [0.15, 0.2) is 0 Å². The Morgan fingerprint density at radius 3 is 2.24 bits per heavy atom. The summed E-state index contributed by atoms with van der Waals surface area (Å²) in [5, 5.41) is 4.99. The highest BCUT2D eigenvalue weighted by Gasteiger charge is 2.32. The Morgan fingerprint density at radius 1 is 0.946 bits per heavy atom. The average molecular weight is 544 g/mol. The second-order valence-electron chi connectivity index (χ2n) is 9.12. The molecule has 0 spiro atoms. The number of amides is 2. The Hall–Kier alpha value is -3.10. The van der Waals surface area contributed by atoms with Gasteiger partial charge in [0.1, 0.15) is 12.6 Å². The molecule has 3 aromatic rings. The first-order valence-corrected chi connectivity index (χ1v) is 14.6. The van der Waals surface area contributed by atoms with E-state index >= 15 is 0 Å². The van der Waals surface area contributed by atoms with Gasteiger partial charge < -0.3 is 10.2 Å². The van der Waals surface area contributed by atoms with Crippen LogP contribution in [0.4, 0.5) is 5.69 Å². The number of benzene rings is 3. The number of nitrogens with one attached hydrogen (secondary N) is 1. The van der Waals surface area contributed by atoms with E-state index in [4.69, 9.17) is 11.6 Å². The number of sulfonamides is 1. The molecule has 0 heterocycles. The smallest absolute Gasteiger partial charge is 0.244 e. The molecule has 0 radical (unpaired) electrons. The van der Waals surface area contributed by atoms with Crippen LogP contribution in [0.3, 0.4) is 0 Å². The van der Waals surface area contributed by atoms with E-state index < -0.39 is 28.5 Å². The van der Waals surface area contributed by atoms with E-state index in [9.17, 15) is 18.0 Å². The summed E-state index contributed by atoms with van der Waals surface area (Å²) in [5.74, 6) is -0.780. The highest BCUT2D eigenvalue weighted by molar-refractivity contribution is 7.92. The first-order chi connectivity index (χ1) is 17.6. The van der Waals surface area contributed by atoms with E-state index in [0.717, 1.165) is 22.4 Å². The third-order valence-electron chi connectivity index (χ3n) is 6.40. The van der Waals surface area contributed by atoms with Gasteiger partial charge in [0.25, 0.3) is 0 Å². The van der Waals surface area contributed by atoms with Crippen molar-refractivity contribution in [1.82, 2.24) is 10.2 Å². The van der Waals surface area contributed by atoms with Gasteiger partial charge in [-0.2, -0.15) is 0 Å². The number of carbonyl (C=O) groups is 2. The summed E-state index contributed by atoms with van der Waals surface area (Å²) in [6.07, 6.45) is 2.17. The zero-order chi connectivity index (χ0) is 27.2. The molecule has 0 bridgehead atoms. The van der Waals surface area contributed by atoms with Crippen molar-refractivity contribution in [1.29, 1.82) is 0 Å². The number of carbonyl (C=O) groups excluding carboxylic acids is 2. The summed E-state index contributed by atoms with van der Waals surface area (Å²) in [6, 6.07) is 19.0. The molecule has 198 valence electrons. The predicted octanol–water partition coefficient (Wildman–Crippen LogP) is 4.98. The lowest BCUT2D eigenvalue weighted by Gasteiger charge is -2.33. The number of rotatable bonds is 11. The molecule has 9 heteroatoms. The van der Waals surface area contributed by atoms with Crippen molar-refractivity contribution in [2.45, 2.75) is 52.2 Å². The van der Waals surface area contributed by atoms with Crippen LogP contribution in [-0.2, 0) is 26.2 Å². The van der Waals surface area contributed by atoms with Crippen molar-refractivity contribution in [2.75, 3.05) is 17.1 Å². The highest BCUT2D eigenvalue weighted by atomic mass is 35.5. The minimum absolute atomic E-state index is 0.0675. The topological polar surface area (TPSA) is 86.8 Å². The number of halogens is 1. The highest BCUT2D eigenvalue weighted by Crippen LogP contribution is 2.29. The molecule has 37 heavy (non-hydrogen) atoms. The molecule has 3 aromatic carbocycles. The fraction of sp³-hybridized carbons (Fsp3) is 0.357. The van der Waals surface area contributed by atoms with Crippen LogP contribution in [0.2, 0.25) is 5.02 Å². The Bertz CT molecular complexity index is 1360. The number of hydrogen-bond acceptors (Lipinski definition) is 4. The fourth-order valence-corrected chi connectivity index (χ4v) is 5.25. The zero-order valence-corrected chi connectivity index (χ0v) is 23.2. The second kappa shape index (κ2) is 12.4. The molecule has 0 saturated heterocycles. The molecule has 7 nitrogen and oxygen atoms in total. The summed E-state index contributed by atoms with van der Waals surface area (Å²) in [7, 11) is -3.84. The number of anilines is 1. The molecular weight excluding hydrogens is 510 g/mol. The first-order valence-electron chi connectivity index (χ1n) is 12.4. The maximum atomic E-state index is 13.9. The largest absolute Gasteiger partial charge is 0.352 e. The minimum Gasteiger partial charge on any atom is -0.352 e. The molecule has 2 atom stereocenters. The molecule has 3 rings (SSSR count). The first kappa shape index (κ1) is 28.5. The fourth-order valence-electron chi connectivity index (χ4n) is 4.19. The van der Waals surface area contributed by atoms with Crippen LogP contribution in [0, 0.1) is 0 Å². The molecule has 0 aromatic heterocycles. The van der Waals surface area contributed by atoms with E-state index in [2.05, 4.69) is 5.32 Å². The van der Waals surface area contributed by atoms with Gasteiger partial charge in [-0.1, -0.05) is 80.0 Å². The molecule has 0 aliphatic heterocycles. The summed E-state index contributed by atoms with van der Waals surface area (Å²) in [5.41, 5.74) is 1.08.